The Bertz CT molecular complexity index is 1020. The van der Waals surface area contributed by atoms with Crippen molar-refractivity contribution in [2.24, 2.45) is 17.6 Å². The summed E-state index contributed by atoms with van der Waals surface area (Å²) in [4.78, 5) is 40.2. The number of amides is 3. The molecular weight excluding hydrogens is 411 g/mol. The van der Waals surface area contributed by atoms with Crippen LogP contribution in [0.2, 0.25) is 0 Å². The highest BCUT2D eigenvalue weighted by Gasteiger charge is 2.36. The number of piperazine rings is 1. The van der Waals surface area contributed by atoms with Crippen LogP contribution in [0.1, 0.15) is 41.6 Å². The molecule has 0 bridgehead atoms. The maximum Gasteiger partial charge on any atom is 0.256 e. The molecule has 3 N–H and O–H groups in total. The zero-order chi connectivity index (χ0) is 22.8. The smallest absolute Gasteiger partial charge is 0.256 e. The Labute approximate surface area is 186 Å². The van der Waals surface area contributed by atoms with Crippen molar-refractivity contribution in [3.05, 3.63) is 58.9 Å². The molecule has 1 aromatic rings. The first kappa shape index (κ1) is 21.9. The number of nitrogens with one attached hydrogen (secondary N) is 1. The van der Waals surface area contributed by atoms with Gasteiger partial charge in [0.2, 0.25) is 11.8 Å². The van der Waals surface area contributed by atoms with Crippen molar-refractivity contribution >= 4 is 23.4 Å². The highest BCUT2D eigenvalue weighted by atomic mass is 19.1. The normalized spacial score (nSPS) is 21.0. The van der Waals surface area contributed by atoms with Crippen LogP contribution in [0.15, 0.2) is 47.8 Å². The van der Waals surface area contributed by atoms with Crippen LogP contribution in [-0.2, 0) is 9.59 Å². The first-order valence-electron chi connectivity index (χ1n) is 11.0. The van der Waals surface area contributed by atoms with Crippen LogP contribution in [0, 0.1) is 17.2 Å². The van der Waals surface area contributed by atoms with E-state index in [0.717, 1.165) is 12.8 Å². The Balaban J connectivity index is 1.41. The molecule has 168 valence electrons. The van der Waals surface area contributed by atoms with Crippen LogP contribution in [0.4, 0.5) is 4.39 Å². The van der Waals surface area contributed by atoms with E-state index in [0.29, 0.717) is 38.2 Å². The summed E-state index contributed by atoms with van der Waals surface area (Å²) in [5.74, 6) is -1.47. The van der Waals surface area contributed by atoms with E-state index < -0.39 is 11.7 Å². The van der Waals surface area contributed by atoms with Crippen LogP contribution in [0.3, 0.4) is 0 Å². The lowest BCUT2D eigenvalue weighted by atomic mass is 9.87. The number of halogens is 1. The second kappa shape index (κ2) is 9.06. The third-order valence-corrected chi connectivity index (χ3v) is 6.28. The molecule has 3 aliphatic rings. The van der Waals surface area contributed by atoms with Crippen LogP contribution >= 0.6 is 0 Å². The summed E-state index contributed by atoms with van der Waals surface area (Å²) in [5.41, 5.74) is 6.37. The maximum absolute atomic E-state index is 14.5. The second-order valence-corrected chi connectivity index (χ2v) is 8.61. The third kappa shape index (κ3) is 4.64. The number of primary amides is 1. The van der Waals surface area contributed by atoms with Gasteiger partial charge in [0.15, 0.2) is 0 Å². The fourth-order valence-corrected chi connectivity index (χ4v) is 4.29. The quantitative estimate of drug-likeness (QED) is 0.666. The highest BCUT2D eigenvalue weighted by molar-refractivity contribution is 6.08. The minimum atomic E-state index is -0.606. The summed E-state index contributed by atoms with van der Waals surface area (Å²) in [6.07, 6.45) is 5.50. The lowest BCUT2D eigenvalue weighted by molar-refractivity contribution is -0.138. The molecule has 7 nitrogen and oxygen atoms in total. The molecule has 1 aliphatic heterocycles. The van der Waals surface area contributed by atoms with Crippen LogP contribution in [-0.4, -0.2) is 59.4 Å². The van der Waals surface area contributed by atoms with Crippen molar-refractivity contribution in [2.75, 3.05) is 26.2 Å². The van der Waals surface area contributed by atoms with Crippen molar-refractivity contribution in [3.8, 4) is 0 Å². The number of carbonyl (C=O) groups excluding carboxylic acids is 3. The molecule has 2 fully saturated rings. The molecule has 4 rings (SSSR count). The summed E-state index contributed by atoms with van der Waals surface area (Å²) in [5, 5.41) is 8.44. The van der Waals surface area contributed by atoms with E-state index in [1.165, 1.54) is 6.08 Å². The van der Waals surface area contributed by atoms with Crippen molar-refractivity contribution in [1.29, 1.82) is 5.41 Å². The predicted molar refractivity (Wildman–Crippen MR) is 118 cm³/mol. The standard InChI is InChI=1S/C24H27FN4O3/c25-20-8-5-15(14-21(26)17-3-1-2-4-18(17)22(27)30)13-19(20)24(32)29-11-9-28(10-12-29)23(31)16-6-7-16/h1-4,8,13,15-16,26H,5-7,9-12,14H2,(H2,27,30). The van der Waals surface area contributed by atoms with Gasteiger partial charge in [-0.05, 0) is 43.7 Å². The molecule has 1 atom stereocenters. The van der Waals surface area contributed by atoms with Gasteiger partial charge in [-0.15, -0.1) is 0 Å². The molecule has 1 heterocycles. The average Bonchev–Trinajstić information content (AvgIpc) is 3.65. The minimum absolute atomic E-state index is 0.0132. The maximum atomic E-state index is 14.5. The van der Waals surface area contributed by atoms with E-state index in [-0.39, 0.29) is 46.9 Å². The van der Waals surface area contributed by atoms with Crippen LogP contribution in [0.25, 0.3) is 0 Å². The van der Waals surface area contributed by atoms with E-state index in [1.54, 1.807) is 40.1 Å². The molecule has 1 unspecified atom stereocenters. The van der Waals surface area contributed by atoms with Crippen molar-refractivity contribution in [1.82, 2.24) is 9.80 Å². The molecule has 1 saturated carbocycles. The molecule has 1 aromatic carbocycles. The summed E-state index contributed by atoms with van der Waals surface area (Å²) in [6.45, 7) is 1.71. The monoisotopic (exact) mass is 438 g/mol. The van der Waals surface area contributed by atoms with Gasteiger partial charge in [-0.1, -0.05) is 24.3 Å². The molecule has 32 heavy (non-hydrogen) atoms. The van der Waals surface area contributed by atoms with Crippen molar-refractivity contribution in [3.63, 3.8) is 0 Å². The van der Waals surface area contributed by atoms with Gasteiger partial charge < -0.3 is 20.9 Å². The Kier molecular flexibility index (Phi) is 6.21. The molecule has 2 aliphatic carbocycles. The largest absolute Gasteiger partial charge is 0.366 e. The van der Waals surface area contributed by atoms with Gasteiger partial charge in [0, 0.05) is 48.9 Å². The van der Waals surface area contributed by atoms with Gasteiger partial charge in [-0.25, -0.2) is 4.39 Å². The Morgan fingerprint density at radius 3 is 2.28 bits per heavy atom. The molecule has 0 aromatic heterocycles. The fourth-order valence-electron chi connectivity index (χ4n) is 4.29. The van der Waals surface area contributed by atoms with E-state index in [1.807, 2.05) is 0 Å². The summed E-state index contributed by atoms with van der Waals surface area (Å²) in [7, 11) is 0. The molecular formula is C24H27FN4O3. The molecule has 0 spiro atoms. The summed E-state index contributed by atoms with van der Waals surface area (Å²) < 4.78 is 14.5. The van der Waals surface area contributed by atoms with E-state index in [4.69, 9.17) is 11.1 Å². The van der Waals surface area contributed by atoms with Gasteiger partial charge in [0.1, 0.15) is 5.83 Å². The molecule has 3 amide bonds. The van der Waals surface area contributed by atoms with Gasteiger partial charge in [0.05, 0.1) is 5.57 Å². The Morgan fingerprint density at radius 1 is 1.03 bits per heavy atom. The number of carbonyl (C=O) groups is 3. The average molecular weight is 439 g/mol. The van der Waals surface area contributed by atoms with Crippen LogP contribution < -0.4 is 5.73 Å². The van der Waals surface area contributed by atoms with Gasteiger partial charge in [-0.3, -0.25) is 14.4 Å². The lowest BCUT2D eigenvalue weighted by Crippen LogP contribution is -2.51. The number of allylic oxidation sites excluding steroid dienone is 2. The zero-order valence-corrected chi connectivity index (χ0v) is 17.9. The number of rotatable bonds is 6. The van der Waals surface area contributed by atoms with E-state index >= 15 is 0 Å². The molecule has 8 heteroatoms. The lowest BCUT2D eigenvalue weighted by Gasteiger charge is -2.35. The SMILES string of the molecule is N=C(CC1C=C(C(=O)N2CCN(C(=O)C3CC3)CC2)C(F)=CC1)c1ccccc1C(N)=O. The van der Waals surface area contributed by atoms with Gasteiger partial charge in [0.25, 0.3) is 5.91 Å². The zero-order valence-electron chi connectivity index (χ0n) is 17.9. The van der Waals surface area contributed by atoms with E-state index in [9.17, 15) is 18.8 Å². The van der Waals surface area contributed by atoms with Gasteiger partial charge >= 0.3 is 0 Å². The topological polar surface area (TPSA) is 108 Å². The highest BCUT2D eigenvalue weighted by Crippen LogP contribution is 2.32. The Morgan fingerprint density at radius 2 is 1.66 bits per heavy atom. The molecule has 1 saturated heterocycles. The first-order chi connectivity index (χ1) is 15.3. The minimum Gasteiger partial charge on any atom is -0.366 e. The van der Waals surface area contributed by atoms with Crippen LogP contribution in [0.5, 0.6) is 0 Å². The van der Waals surface area contributed by atoms with Crippen molar-refractivity contribution < 1.29 is 18.8 Å². The van der Waals surface area contributed by atoms with E-state index in [2.05, 4.69) is 0 Å². The number of nitrogens with two attached hydrogens (primary N) is 1. The summed E-state index contributed by atoms with van der Waals surface area (Å²) >= 11 is 0. The third-order valence-electron chi connectivity index (χ3n) is 6.28. The first-order valence-corrected chi connectivity index (χ1v) is 11.0. The Hall–Kier alpha value is -3.29. The predicted octanol–water partition coefficient (Wildman–Crippen LogP) is 2.42. The molecule has 0 radical (unpaired) electrons. The number of nitrogens with zero attached hydrogens (tertiary/aromatic N) is 2. The van der Waals surface area contributed by atoms with Gasteiger partial charge in [-0.2, -0.15) is 0 Å². The number of benzene rings is 1. The second-order valence-electron chi connectivity index (χ2n) is 8.61. The number of hydrogen-bond donors (Lipinski definition) is 2. The summed E-state index contributed by atoms with van der Waals surface area (Å²) in [6, 6.07) is 6.66. The van der Waals surface area contributed by atoms with Crippen molar-refractivity contribution in [2.45, 2.75) is 25.7 Å². The fraction of sp³-hybridized carbons (Fsp3) is 0.417. The number of hydrogen-bond acceptors (Lipinski definition) is 4.